The topological polar surface area (TPSA) is 51.9 Å². The lowest BCUT2D eigenvalue weighted by Crippen LogP contribution is -2.14. The van der Waals surface area contributed by atoms with Gasteiger partial charge < -0.3 is 9.88 Å². The average Bonchev–Trinajstić information content (AvgIpc) is 3.15. The summed E-state index contributed by atoms with van der Waals surface area (Å²) in [6.07, 6.45) is 5.46. The molecular weight excluding hydrogens is 307 g/mol. The summed E-state index contributed by atoms with van der Waals surface area (Å²) in [6, 6.07) is 8.21. The zero-order valence-electron chi connectivity index (χ0n) is 13.7. The molecule has 0 aliphatic heterocycles. The van der Waals surface area contributed by atoms with Crippen molar-refractivity contribution in [3.63, 3.8) is 0 Å². The van der Waals surface area contributed by atoms with Crippen LogP contribution in [0.3, 0.4) is 0 Å². The third kappa shape index (κ3) is 3.60. The highest BCUT2D eigenvalue weighted by molar-refractivity contribution is 5.94. The molecule has 0 aliphatic rings. The number of hydrogen-bond donors (Lipinski definition) is 1. The molecule has 124 valence electrons. The molecule has 1 aromatic carbocycles. The number of ketones is 1. The molecule has 24 heavy (non-hydrogen) atoms. The summed E-state index contributed by atoms with van der Waals surface area (Å²) in [6.45, 7) is 2.85. The molecule has 0 aliphatic carbocycles. The first kappa shape index (κ1) is 16.1. The van der Waals surface area contributed by atoms with Gasteiger partial charge in [0.2, 0.25) is 0 Å². The Hall–Kier alpha value is -2.73. The van der Waals surface area contributed by atoms with Crippen molar-refractivity contribution < 1.29 is 9.18 Å². The molecule has 5 nitrogen and oxygen atoms in total. The van der Waals surface area contributed by atoms with Crippen molar-refractivity contribution in [2.75, 3.05) is 0 Å². The maximum Gasteiger partial charge on any atom is 0.161 e. The predicted octanol–water partition coefficient (Wildman–Crippen LogP) is 2.84. The highest BCUT2D eigenvalue weighted by atomic mass is 19.1. The molecular formula is C18H19FN4O. The van der Waals surface area contributed by atoms with Crippen LogP contribution in [0, 0.1) is 5.82 Å². The fraction of sp³-hybridized carbons (Fsp3) is 0.222. The first-order chi connectivity index (χ1) is 11.5. The van der Waals surface area contributed by atoms with Crippen molar-refractivity contribution in [1.82, 2.24) is 19.7 Å². The predicted molar refractivity (Wildman–Crippen MR) is 89.5 cm³/mol. The number of carbonyl (C=O) groups excluding carboxylic acids is 1. The Kier molecular flexibility index (Phi) is 4.57. The van der Waals surface area contributed by atoms with E-state index in [1.165, 1.54) is 12.1 Å². The number of halogens is 1. The zero-order chi connectivity index (χ0) is 17.1. The fourth-order valence-electron chi connectivity index (χ4n) is 2.52. The molecule has 3 rings (SSSR count). The SMILES string of the molecule is CC(=O)c1cc(CNCc2cnn(-c3cccc(F)c3)c2)n(C)c1. The summed E-state index contributed by atoms with van der Waals surface area (Å²) in [5.74, 6) is -0.221. The van der Waals surface area contributed by atoms with Gasteiger partial charge in [0.25, 0.3) is 0 Å². The Labute approximate surface area is 139 Å². The Morgan fingerprint density at radius 2 is 2.08 bits per heavy atom. The van der Waals surface area contributed by atoms with Crippen molar-refractivity contribution >= 4 is 5.78 Å². The Morgan fingerprint density at radius 1 is 1.25 bits per heavy atom. The van der Waals surface area contributed by atoms with E-state index < -0.39 is 0 Å². The van der Waals surface area contributed by atoms with Crippen LogP contribution in [0.25, 0.3) is 5.69 Å². The van der Waals surface area contributed by atoms with Gasteiger partial charge in [-0.3, -0.25) is 4.79 Å². The number of benzene rings is 1. The van der Waals surface area contributed by atoms with Crippen LogP contribution in [0.15, 0.2) is 48.9 Å². The van der Waals surface area contributed by atoms with E-state index in [9.17, 15) is 9.18 Å². The second kappa shape index (κ2) is 6.80. The summed E-state index contributed by atoms with van der Waals surface area (Å²) in [5.41, 5.74) is 3.45. The Balaban J connectivity index is 1.61. The van der Waals surface area contributed by atoms with E-state index in [1.54, 1.807) is 29.9 Å². The normalized spacial score (nSPS) is 11.0. The highest BCUT2D eigenvalue weighted by Crippen LogP contribution is 2.11. The van der Waals surface area contributed by atoms with Crippen LogP contribution in [0.5, 0.6) is 0 Å². The largest absolute Gasteiger partial charge is 0.353 e. The zero-order valence-corrected chi connectivity index (χ0v) is 13.7. The fourth-order valence-corrected chi connectivity index (χ4v) is 2.52. The molecule has 0 spiro atoms. The van der Waals surface area contributed by atoms with Gasteiger partial charge in [0, 0.05) is 49.4 Å². The standard InChI is InChI=1S/C18H19FN4O/c1-13(24)15-6-18(22(2)12-15)10-20-8-14-9-21-23(11-14)17-5-3-4-16(19)7-17/h3-7,9,11-12,20H,8,10H2,1-2H3. The van der Waals surface area contributed by atoms with Crippen molar-refractivity contribution in [2.45, 2.75) is 20.0 Å². The second-order valence-electron chi connectivity index (χ2n) is 5.76. The molecule has 3 aromatic rings. The molecule has 0 saturated carbocycles. The number of nitrogens with one attached hydrogen (secondary N) is 1. The number of aryl methyl sites for hydroxylation is 1. The van der Waals surface area contributed by atoms with Crippen molar-refractivity contribution in [2.24, 2.45) is 7.05 Å². The summed E-state index contributed by atoms with van der Waals surface area (Å²) >= 11 is 0. The molecule has 2 aromatic heterocycles. The van der Waals surface area contributed by atoms with Gasteiger partial charge in [-0.15, -0.1) is 0 Å². The maximum atomic E-state index is 13.3. The lowest BCUT2D eigenvalue weighted by atomic mass is 10.2. The average molecular weight is 326 g/mol. The van der Waals surface area contributed by atoms with Gasteiger partial charge >= 0.3 is 0 Å². The first-order valence-corrected chi connectivity index (χ1v) is 7.69. The van der Waals surface area contributed by atoms with E-state index in [2.05, 4.69) is 10.4 Å². The van der Waals surface area contributed by atoms with Gasteiger partial charge in [-0.05, 0) is 31.2 Å². The Morgan fingerprint density at radius 3 is 2.79 bits per heavy atom. The summed E-state index contributed by atoms with van der Waals surface area (Å²) in [7, 11) is 1.92. The third-order valence-corrected chi connectivity index (χ3v) is 3.86. The number of Topliss-reactive ketones (excluding diaryl/α,β-unsaturated/α-hetero) is 1. The van der Waals surface area contributed by atoms with Crippen LogP contribution in [0.2, 0.25) is 0 Å². The van der Waals surface area contributed by atoms with Crippen LogP contribution in [-0.2, 0) is 20.1 Å². The molecule has 0 atom stereocenters. The third-order valence-electron chi connectivity index (χ3n) is 3.86. The number of aromatic nitrogens is 3. The van der Waals surface area contributed by atoms with Gasteiger partial charge in [-0.2, -0.15) is 5.10 Å². The summed E-state index contributed by atoms with van der Waals surface area (Å²) in [4.78, 5) is 11.4. The van der Waals surface area contributed by atoms with Crippen molar-refractivity contribution in [1.29, 1.82) is 0 Å². The van der Waals surface area contributed by atoms with E-state index in [0.717, 1.165) is 11.3 Å². The molecule has 1 N–H and O–H groups in total. The van der Waals surface area contributed by atoms with Gasteiger partial charge in [0.05, 0.1) is 11.9 Å². The molecule has 0 unspecified atom stereocenters. The minimum Gasteiger partial charge on any atom is -0.353 e. The highest BCUT2D eigenvalue weighted by Gasteiger charge is 2.07. The van der Waals surface area contributed by atoms with E-state index >= 15 is 0 Å². The van der Waals surface area contributed by atoms with E-state index in [1.807, 2.05) is 30.1 Å². The van der Waals surface area contributed by atoms with Crippen LogP contribution >= 0.6 is 0 Å². The molecule has 0 bridgehead atoms. The lowest BCUT2D eigenvalue weighted by molar-refractivity contribution is 0.101. The molecule has 0 fully saturated rings. The minimum atomic E-state index is -0.285. The van der Waals surface area contributed by atoms with Crippen molar-refractivity contribution in [3.05, 3.63) is 71.6 Å². The van der Waals surface area contributed by atoms with Crippen LogP contribution in [0.1, 0.15) is 28.5 Å². The molecule has 6 heteroatoms. The van der Waals surface area contributed by atoms with E-state index in [-0.39, 0.29) is 11.6 Å². The summed E-state index contributed by atoms with van der Waals surface area (Å²) < 4.78 is 16.9. The van der Waals surface area contributed by atoms with Gasteiger partial charge in [0.1, 0.15) is 5.82 Å². The quantitative estimate of drug-likeness (QED) is 0.709. The minimum absolute atomic E-state index is 0.0632. The van der Waals surface area contributed by atoms with Crippen molar-refractivity contribution in [3.8, 4) is 5.69 Å². The van der Waals surface area contributed by atoms with Crippen LogP contribution in [-0.4, -0.2) is 20.1 Å². The lowest BCUT2D eigenvalue weighted by Gasteiger charge is -2.04. The first-order valence-electron chi connectivity index (χ1n) is 7.69. The number of nitrogens with zero attached hydrogens (tertiary/aromatic N) is 3. The monoisotopic (exact) mass is 326 g/mol. The Bertz CT molecular complexity index is 866. The number of carbonyl (C=O) groups is 1. The maximum absolute atomic E-state index is 13.3. The summed E-state index contributed by atoms with van der Waals surface area (Å²) in [5, 5.41) is 7.59. The van der Waals surface area contributed by atoms with E-state index in [4.69, 9.17) is 0 Å². The number of hydrogen-bond acceptors (Lipinski definition) is 3. The van der Waals surface area contributed by atoms with Gasteiger partial charge in [-0.1, -0.05) is 6.07 Å². The second-order valence-corrected chi connectivity index (χ2v) is 5.76. The van der Waals surface area contributed by atoms with Gasteiger partial charge in [-0.25, -0.2) is 9.07 Å². The van der Waals surface area contributed by atoms with Gasteiger partial charge in [0.15, 0.2) is 5.78 Å². The van der Waals surface area contributed by atoms with Crippen LogP contribution < -0.4 is 5.32 Å². The molecule has 0 radical (unpaired) electrons. The number of rotatable bonds is 6. The van der Waals surface area contributed by atoms with Crippen LogP contribution in [0.4, 0.5) is 4.39 Å². The molecule has 0 amide bonds. The molecule has 0 saturated heterocycles. The molecule has 2 heterocycles. The smallest absolute Gasteiger partial charge is 0.161 e. The van der Waals surface area contributed by atoms with E-state index in [0.29, 0.717) is 24.3 Å².